The lowest BCUT2D eigenvalue weighted by Gasteiger charge is -2.60. The fraction of sp³-hybridized carbons (Fsp3) is 0.682. The maximum Gasteiger partial charge on any atom is 0.220 e. The van der Waals surface area contributed by atoms with Gasteiger partial charge in [0.1, 0.15) is 0 Å². The van der Waals surface area contributed by atoms with E-state index in [-0.39, 0.29) is 11.3 Å². The van der Waals surface area contributed by atoms with Gasteiger partial charge in [-0.3, -0.25) is 4.79 Å². The Kier molecular flexibility index (Phi) is 4.94. The normalized spacial score (nSPS) is 32.9. The first-order valence-corrected chi connectivity index (χ1v) is 10.2. The van der Waals surface area contributed by atoms with Gasteiger partial charge < -0.3 is 24.6 Å². The van der Waals surface area contributed by atoms with Crippen LogP contribution in [-0.4, -0.2) is 37.9 Å². The molecule has 0 aromatic heterocycles. The first-order valence-electron chi connectivity index (χ1n) is 10.2. The SMILES string of the molecule is COc1cc(CNC(=O)CC23C[C@@H]4C[C@@H](CC(O)(C4)C2)C3)cc(OC)c1OC. The minimum Gasteiger partial charge on any atom is -0.493 e. The topological polar surface area (TPSA) is 77.0 Å². The number of amides is 1. The second-order valence-corrected chi connectivity index (χ2v) is 9.17. The van der Waals surface area contributed by atoms with Crippen molar-refractivity contribution in [3.63, 3.8) is 0 Å². The van der Waals surface area contributed by atoms with Crippen molar-refractivity contribution >= 4 is 5.91 Å². The van der Waals surface area contributed by atoms with Crippen LogP contribution in [0.4, 0.5) is 0 Å². The smallest absolute Gasteiger partial charge is 0.220 e. The van der Waals surface area contributed by atoms with Crippen LogP contribution in [0.5, 0.6) is 17.2 Å². The van der Waals surface area contributed by atoms with Gasteiger partial charge in [-0.15, -0.1) is 0 Å². The molecule has 6 heteroatoms. The molecule has 0 spiro atoms. The van der Waals surface area contributed by atoms with E-state index in [0.29, 0.717) is 42.0 Å². The van der Waals surface area contributed by atoms with Gasteiger partial charge in [0.15, 0.2) is 11.5 Å². The molecule has 0 aliphatic heterocycles. The van der Waals surface area contributed by atoms with E-state index in [1.54, 1.807) is 21.3 Å². The number of methoxy groups -OCH3 is 3. The summed E-state index contributed by atoms with van der Waals surface area (Å²) in [5, 5.41) is 13.9. The molecule has 1 aromatic rings. The predicted octanol–water partition coefficient (Wildman–Crippen LogP) is 3.05. The summed E-state index contributed by atoms with van der Waals surface area (Å²) in [6.45, 7) is 0.406. The summed E-state index contributed by atoms with van der Waals surface area (Å²) in [6.07, 6.45) is 6.55. The fourth-order valence-corrected chi connectivity index (χ4v) is 6.45. The first kappa shape index (κ1) is 19.4. The molecule has 4 saturated carbocycles. The van der Waals surface area contributed by atoms with Crippen LogP contribution >= 0.6 is 0 Å². The maximum absolute atomic E-state index is 12.8. The zero-order valence-corrected chi connectivity index (χ0v) is 17.0. The molecule has 6 nitrogen and oxygen atoms in total. The van der Waals surface area contributed by atoms with E-state index in [1.165, 1.54) is 6.42 Å². The Labute approximate surface area is 166 Å². The summed E-state index contributed by atoms with van der Waals surface area (Å²) >= 11 is 0. The number of hydrogen-bond acceptors (Lipinski definition) is 5. The lowest BCUT2D eigenvalue weighted by molar-refractivity contribution is -0.169. The number of benzene rings is 1. The van der Waals surface area contributed by atoms with Crippen molar-refractivity contribution < 1.29 is 24.1 Å². The lowest BCUT2D eigenvalue weighted by atomic mass is 9.47. The van der Waals surface area contributed by atoms with E-state index < -0.39 is 5.60 Å². The molecule has 4 aliphatic carbocycles. The Morgan fingerprint density at radius 3 is 2.18 bits per heavy atom. The van der Waals surface area contributed by atoms with Gasteiger partial charge in [-0.25, -0.2) is 0 Å². The molecule has 28 heavy (non-hydrogen) atoms. The summed E-state index contributed by atoms with van der Waals surface area (Å²) < 4.78 is 16.1. The molecule has 0 radical (unpaired) electrons. The highest BCUT2D eigenvalue weighted by atomic mass is 16.5. The zero-order chi connectivity index (χ0) is 19.9. The van der Waals surface area contributed by atoms with Gasteiger partial charge in [-0.2, -0.15) is 0 Å². The van der Waals surface area contributed by atoms with E-state index in [4.69, 9.17) is 14.2 Å². The summed E-state index contributed by atoms with van der Waals surface area (Å²) in [5.41, 5.74) is 0.353. The fourth-order valence-electron chi connectivity index (χ4n) is 6.45. The van der Waals surface area contributed by atoms with Gasteiger partial charge in [0.05, 0.1) is 26.9 Å². The highest BCUT2D eigenvalue weighted by molar-refractivity contribution is 5.77. The molecular formula is C22H31NO5. The third kappa shape index (κ3) is 3.54. The number of carbonyl (C=O) groups excluding carboxylic acids is 1. The Hall–Kier alpha value is -1.95. The Morgan fingerprint density at radius 2 is 1.68 bits per heavy atom. The highest BCUT2D eigenvalue weighted by Crippen LogP contribution is 2.62. The molecule has 2 N–H and O–H groups in total. The molecule has 2 unspecified atom stereocenters. The molecule has 0 heterocycles. The van der Waals surface area contributed by atoms with Gasteiger partial charge in [0, 0.05) is 13.0 Å². The van der Waals surface area contributed by atoms with Crippen LogP contribution in [0, 0.1) is 17.3 Å². The van der Waals surface area contributed by atoms with Crippen LogP contribution < -0.4 is 19.5 Å². The second kappa shape index (κ2) is 7.14. The summed E-state index contributed by atoms with van der Waals surface area (Å²) in [7, 11) is 4.73. The number of carbonyl (C=O) groups is 1. The van der Waals surface area contributed by atoms with Gasteiger partial charge in [0.25, 0.3) is 0 Å². The Bertz CT molecular complexity index is 722. The molecule has 4 bridgehead atoms. The Balaban J connectivity index is 1.41. The molecule has 4 aliphatic rings. The molecule has 4 atom stereocenters. The molecule has 1 aromatic carbocycles. The van der Waals surface area contributed by atoms with E-state index >= 15 is 0 Å². The molecule has 1 amide bonds. The van der Waals surface area contributed by atoms with E-state index in [2.05, 4.69) is 5.32 Å². The standard InChI is InChI=1S/C22H31NO5/c1-26-17-5-14(6-18(27-2)20(17)28-3)12-23-19(24)11-21-7-15-4-16(8-21)10-22(25,9-15)13-21/h5-6,15-16,25H,4,7-13H2,1-3H3,(H,23,24)/t15-,16+,21?,22?. The number of ether oxygens (including phenoxy) is 3. The van der Waals surface area contributed by atoms with Crippen LogP contribution in [0.3, 0.4) is 0 Å². The number of hydrogen-bond donors (Lipinski definition) is 2. The van der Waals surface area contributed by atoms with Crippen molar-refractivity contribution in [2.45, 2.75) is 57.1 Å². The van der Waals surface area contributed by atoms with Crippen molar-refractivity contribution in [1.29, 1.82) is 0 Å². The second-order valence-electron chi connectivity index (χ2n) is 9.17. The maximum atomic E-state index is 12.8. The van der Waals surface area contributed by atoms with Gasteiger partial charge in [-0.1, -0.05) is 0 Å². The Morgan fingerprint density at radius 1 is 1.07 bits per heavy atom. The zero-order valence-electron chi connectivity index (χ0n) is 17.0. The van der Waals surface area contributed by atoms with Crippen LogP contribution in [0.1, 0.15) is 50.5 Å². The summed E-state index contributed by atoms with van der Waals surface area (Å²) in [4.78, 5) is 12.8. The van der Waals surface area contributed by atoms with Crippen LogP contribution in [-0.2, 0) is 11.3 Å². The number of rotatable bonds is 7. The van der Waals surface area contributed by atoms with Crippen molar-refractivity contribution in [2.24, 2.45) is 17.3 Å². The first-order chi connectivity index (χ1) is 13.4. The van der Waals surface area contributed by atoms with Crippen molar-refractivity contribution in [2.75, 3.05) is 21.3 Å². The van der Waals surface area contributed by atoms with E-state index in [9.17, 15) is 9.90 Å². The average molecular weight is 389 g/mol. The van der Waals surface area contributed by atoms with Crippen LogP contribution in [0.2, 0.25) is 0 Å². The van der Waals surface area contributed by atoms with E-state index in [1.807, 2.05) is 12.1 Å². The lowest BCUT2D eigenvalue weighted by Crippen LogP contribution is -2.56. The minimum absolute atomic E-state index is 0.0157. The van der Waals surface area contributed by atoms with Gasteiger partial charge in [0.2, 0.25) is 11.7 Å². The van der Waals surface area contributed by atoms with Gasteiger partial charge in [-0.05, 0) is 73.5 Å². The summed E-state index contributed by atoms with van der Waals surface area (Å²) in [6, 6.07) is 3.71. The molecular weight excluding hydrogens is 358 g/mol. The van der Waals surface area contributed by atoms with Crippen LogP contribution in [0.25, 0.3) is 0 Å². The largest absolute Gasteiger partial charge is 0.493 e. The number of aliphatic hydroxyl groups is 1. The average Bonchev–Trinajstić information content (AvgIpc) is 2.62. The minimum atomic E-state index is -0.527. The van der Waals surface area contributed by atoms with Crippen LogP contribution in [0.15, 0.2) is 12.1 Å². The molecule has 154 valence electrons. The van der Waals surface area contributed by atoms with Crippen molar-refractivity contribution in [3.8, 4) is 17.2 Å². The molecule has 5 rings (SSSR count). The third-order valence-electron chi connectivity index (χ3n) is 6.90. The van der Waals surface area contributed by atoms with Crippen molar-refractivity contribution in [3.05, 3.63) is 17.7 Å². The highest BCUT2D eigenvalue weighted by Gasteiger charge is 2.57. The quantitative estimate of drug-likeness (QED) is 0.750. The predicted molar refractivity (Wildman–Crippen MR) is 105 cm³/mol. The van der Waals surface area contributed by atoms with Crippen molar-refractivity contribution in [1.82, 2.24) is 5.32 Å². The van der Waals surface area contributed by atoms with Gasteiger partial charge >= 0.3 is 0 Å². The third-order valence-corrected chi connectivity index (χ3v) is 6.90. The summed E-state index contributed by atoms with van der Waals surface area (Å²) in [5.74, 6) is 2.94. The van der Waals surface area contributed by atoms with E-state index in [0.717, 1.165) is 37.7 Å². The number of nitrogens with one attached hydrogen (secondary N) is 1. The molecule has 0 saturated heterocycles. The monoisotopic (exact) mass is 389 g/mol. The molecule has 4 fully saturated rings.